The smallest absolute Gasteiger partial charge is 0.333 e. The monoisotopic (exact) mass is 231 g/mol. The molecule has 1 aliphatic heterocycles. The van der Waals surface area contributed by atoms with Crippen molar-refractivity contribution in [2.45, 2.75) is 13.0 Å². The predicted octanol–water partition coefficient (Wildman–Crippen LogP) is 1.99. The lowest BCUT2D eigenvalue weighted by Crippen LogP contribution is -2.30. The summed E-state index contributed by atoms with van der Waals surface area (Å²) in [5, 5.41) is 0. The Morgan fingerprint density at radius 1 is 1.35 bits per heavy atom. The fourth-order valence-electron chi connectivity index (χ4n) is 2.01. The Morgan fingerprint density at radius 3 is 2.71 bits per heavy atom. The van der Waals surface area contributed by atoms with Gasteiger partial charge in [0, 0.05) is 25.2 Å². The van der Waals surface area contributed by atoms with E-state index in [1.54, 1.807) is 0 Å². The summed E-state index contributed by atoms with van der Waals surface area (Å²) in [4.78, 5) is 13.6. The Morgan fingerprint density at radius 2 is 2.12 bits per heavy atom. The molecule has 2 rings (SSSR count). The average Bonchev–Trinajstić information content (AvgIpc) is 2.40. The maximum atomic E-state index is 11.3. The fourth-order valence-corrected chi connectivity index (χ4v) is 2.01. The van der Waals surface area contributed by atoms with Gasteiger partial charge in [-0.25, -0.2) is 4.79 Å². The number of hydrogen-bond acceptors (Lipinski definition) is 3. The van der Waals surface area contributed by atoms with Gasteiger partial charge < -0.3 is 4.74 Å². The number of carbonyl (C=O) groups excluding carboxylic acids is 1. The van der Waals surface area contributed by atoms with E-state index < -0.39 is 0 Å². The van der Waals surface area contributed by atoms with Crippen molar-refractivity contribution in [3.63, 3.8) is 0 Å². The van der Waals surface area contributed by atoms with Crippen LogP contribution < -0.4 is 0 Å². The van der Waals surface area contributed by atoms with Crippen LogP contribution in [0.25, 0.3) is 0 Å². The first-order valence-corrected chi connectivity index (χ1v) is 5.83. The van der Waals surface area contributed by atoms with Gasteiger partial charge in [0.2, 0.25) is 0 Å². The van der Waals surface area contributed by atoms with E-state index in [9.17, 15) is 4.79 Å². The van der Waals surface area contributed by atoms with Crippen LogP contribution in [0, 0.1) is 0 Å². The summed E-state index contributed by atoms with van der Waals surface area (Å²) in [5.41, 5.74) is 2.11. The Balaban J connectivity index is 1.91. The van der Waals surface area contributed by atoms with Crippen LogP contribution in [0.15, 0.2) is 42.0 Å². The van der Waals surface area contributed by atoms with E-state index in [1.807, 2.05) is 12.1 Å². The lowest BCUT2D eigenvalue weighted by Gasteiger charge is -2.25. The maximum Gasteiger partial charge on any atom is 0.333 e. The van der Waals surface area contributed by atoms with Crippen molar-refractivity contribution in [2.75, 3.05) is 20.2 Å². The van der Waals surface area contributed by atoms with E-state index in [4.69, 9.17) is 4.74 Å². The van der Waals surface area contributed by atoms with Crippen LogP contribution in [0.1, 0.15) is 12.0 Å². The molecule has 90 valence electrons. The van der Waals surface area contributed by atoms with Crippen molar-refractivity contribution in [3.05, 3.63) is 47.5 Å². The molecule has 0 radical (unpaired) electrons. The average molecular weight is 231 g/mol. The van der Waals surface area contributed by atoms with Crippen LogP contribution in [0.3, 0.4) is 0 Å². The lowest BCUT2D eigenvalue weighted by atomic mass is 10.1. The number of rotatable bonds is 3. The van der Waals surface area contributed by atoms with Crippen molar-refractivity contribution < 1.29 is 9.53 Å². The molecule has 0 N–H and O–H groups in total. The van der Waals surface area contributed by atoms with Gasteiger partial charge in [0.15, 0.2) is 0 Å². The third-order valence-corrected chi connectivity index (χ3v) is 2.99. The highest BCUT2D eigenvalue weighted by atomic mass is 16.5. The SMILES string of the molecule is COC(=O)C1=CCN(Cc2ccccc2)CC1. The van der Waals surface area contributed by atoms with Crippen molar-refractivity contribution >= 4 is 5.97 Å². The number of methoxy groups -OCH3 is 1. The molecule has 0 spiro atoms. The summed E-state index contributed by atoms with van der Waals surface area (Å²) < 4.78 is 4.72. The van der Waals surface area contributed by atoms with E-state index in [-0.39, 0.29) is 5.97 Å². The summed E-state index contributed by atoms with van der Waals surface area (Å²) in [6, 6.07) is 10.4. The zero-order valence-corrected chi connectivity index (χ0v) is 10.1. The van der Waals surface area contributed by atoms with Gasteiger partial charge in [-0.2, -0.15) is 0 Å². The molecule has 0 aromatic heterocycles. The molecule has 1 heterocycles. The van der Waals surface area contributed by atoms with Gasteiger partial charge in [0.05, 0.1) is 7.11 Å². The molecular weight excluding hydrogens is 214 g/mol. The molecule has 0 saturated heterocycles. The van der Waals surface area contributed by atoms with Gasteiger partial charge in [-0.1, -0.05) is 36.4 Å². The first-order chi connectivity index (χ1) is 8.29. The minimum Gasteiger partial charge on any atom is -0.466 e. The molecule has 3 heteroatoms. The molecule has 3 nitrogen and oxygen atoms in total. The molecule has 1 aromatic rings. The Kier molecular flexibility index (Phi) is 3.94. The van der Waals surface area contributed by atoms with Crippen molar-refractivity contribution in [1.29, 1.82) is 0 Å². The van der Waals surface area contributed by atoms with Crippen molar-refractivity contribution in [2.24, 2.45) is 0 Å². The number of esters is 1. The molecule has 1 aromatic carbocycles. The standard InChI is InChI=1S/C14H17NO2/c1-17-14(16)13-7-9-15(10-8-13)11-12-5-3-2-4-6-12/h2-7H,8-11H2,1H3. The quantitative estimate of drug-likeness (QED) is 0.745. The number of nitrogens with zero attached hydrogens (tertiary/aromatic N) is 1. The zero-order chi connectivity index (χ0) is 12.1. The summed E-state index contributed by atoms with van der Waals surface area (Å²) in [6.07, 6.45) is 2.75. The van der Waals surface area contributed by atoms with Crippen LogP contribution in [-0.4, -0.2) is 31.1 Å². The fraction of sp³-hybridized carbons (Fsp3) is 0.357. The second-order valence-electron chi connectivity index (χ2n) is 4.19. The molecule has 0 amide bonds. The molecule has 0 saturated carbocycles. The zero-order valence-electron chi connectivity index (χ0n) is 10.1. The molecule has 0 aliphatic carbocycles. The van der Waals surface area contributed by atoms with Crippen LogP contribution in [0.4, 0.5) is 0 Å². The van der Waals surface area contributed by atoms with Crippen LogP contribution in [0.2, 0.25) is 0 Å². The second-order valence-corrected chi connectivity index (χ2v) is 4.19. The van der Waals surface area contributed by atoms with Gasteiger partial charge in [0.25, 0.3) is 0 Å². The molecule has 17 heavy (non-hydrogen) atoms. The van der Waals surface area contributed by atoms with Gasteiger partial charge in [-0.05, 0) is 12.0 Å². The Labute approximate surface area is 102 Å². The largest absolute Gasteiger partial charge is 0.466 e. The molecular formula is C14H17NO2. The summed E-state index contributed by atoms with van der Waals surface area (Å²) in [5.74, 6) is -0.190. The first kappa shape index (κ1) is 11.9. The Bertz CT molecular complexity index is 411. The van der Waals surface area contributed by atoms with Gasteiger partial charge >= 0.3 is 5.97 Å². The van der Waals surface area contributed by atoms with E-state index in [1.165, 1.54) is 12.7 Å². The minimum atomic E-state index is -0.190. The van der Waals surface area contributed by atoms with Gasteiger partial charge in [-0.15, -0.1) is 0 Å². The van der Waals surface area contributed by atoms with Gasteiger partial charge in [0.1, 0.15) is 0 Å². The van der Waals surface area contributed by atoms with Crippen LogP contribution in [0.5, 0.6) is 0 Å². The van der Waals surface area contributed by atoms with E-state index in [2.05, 4.69) is 29.2 Å². The highest BCUT2D eigenvalue weighted by Crippen LogP contribution is 2.14. The number of carbonyl (C=O) groups is 1. The first-order valence-electron chi connectivity index (χ1n) is 5.83. The van der Waals surface area contributed by atoms with E-state index in [0.29, 0.717) is 0 Å². The highest BCUT2D eigenvalue weighted by molar-refractivity contribution is 5.88. The lowest BCUT2D eigenvalue weighted by molar-refractivity contribution is -0.136. The summed E-state index contributed by atoms with van der Waals surface area (Å²) >= 11 is 0. The number of ether oxygens (including phenoxy) is 1. The summed E-state index contributed by atoms with van der Waals surface area (Å²) in [7, 11) is 1.43. The molecule has 0 unspecified atom stereocenters. The third-order valence-electron chi connectivity index (χ3n) is 2.99. The second kappa shape index (κ2) is 5.64. The minimum absolute atomic E-state index is 0.190. The number of hydrogen-bond donors (Lipinski definition) is 0. The van der Waals surface area contributed by atoms with E-state index >= 15 is 0 Å². The highest BCUT2D eigenvalue weighted by Gasteiger charge is 2.16. The summed E-state index contributed by atoms with van der Waals surface area (Å²) in [6.45, 7) is 2.67. The molecule has 0 atom stereocenters. The van der Waals surface area contributed by atoms with Crippen LogP contribution >= 0.6 is 0 Å². The van der Waals surface area contributed by atoms with Gasteiger partial charge in [-0.3, -0.25) is 4.90 Å². The van der Waals surface area contributed by atoms with Crippen molar-refractivity contribution in [3.8, 4) is 0 Å². The van der Waals surface area contributed by atoms with Crippen molar-refractivity contribution in [1.82, 2.24) is 4.90 Å². The maximum absolute atomic E-state index is 11.3. The topological polar surface area (TPSA) is 29.5 Å². The van der Waals surface area contributed by atoms with Crippen LogP contribution in [-0.2, 0) is 16.1 Å². The molecule has 0 bridgehead atoms. The predicted molar refractivity (Wildman–Crippen MR) is 66.4 cm³/mol. The van der Waals surface area contributed by atoms with E-state index in [0.717, 1.165) is 31.6 Å². The molecule has 0 fully saturated rings. The normalized spacial score (nSPS) is 16.4. The number of benzene rings is 1. The Hall–Kier alpha value is -1.61. The molecule has 1 aliphatic rings. The third kappa shape index (κ3) is 3.17.